The Morgan fingerprint density at radius 2 is 2.13 bits per heavy atom. The van der Waals surface area contributed by atoms with Crippen LogP contribution in [0, 0.1) is 5.92 Å². The molecule has 1 aromatic rings. The standard InChI is InChI=1S/C12H21N3/c1-4-5-11-8-12(15-9-14-11)13-7-6-10(2)3/h8-10H,4-7H2,1-3H3,(H,13,14,15). The lowest BCUT2D eigenvalue weighted by Crippen LogP contribution is -2.06. The van der Waals surface area contributed by atoms with Gasteiger partial charge in [0.2, 0.25) is 0 Å². The molecule has 0 aliphatic heterocycles. The Morgan fingerprint density at radius 1 is 1.33 bits per heavy atom. The number of aromatic nitrogens is 2. The maximum absolute atomic E-state index is 4.22. The van der Waals surface area contributed by atoms with Gasteiger partial charge in [-0.15, -0.1) is 0 Å². The normalized spacial score (nSPS) is 10.7. The fourth-order valence-corrected chi connectivity index (χ4v) is 1.38. The minimum Gasteiger partial charge on any atom is -0.370 e. The molecule has 0 unspecified atom stereocenters. The van der Waals surface area contributed by atoms with Crippen molar-refractivity contribution >= 4 is 5.82 Å². The average molecular weight is 207 g/mol. The van der Waals surface area contributed by atoms with Crippen LogP contribution in [0.2, 0.25) is 0 Å². The van der Waals surface area contributed by atoms with Crippen molar-refractivity contribution in [1.29, 1.82) is 0 Å². The zero-order valence-electron chi connectivity index (χ0n) is 9.95. The van der Waals surface area contributed by atoms with Gasteiger partial charge in [-0.3, -0.25) is 0 Å². The van der Waals surface area contributed by atoms with Gasteiger partial charge >= 0.3 is 0 Å². The average Bonchev–Trinajstić information content (AvgIpc) is 2.18. The second kappa shape index (κ2) is 6.38. The van der Waals surface area contributed by atoms with Crippen molar-refractivity contribution in [2.24, 2.45) is 5.92 Å². The summed E-state index contributed by atoms with van der Waals surface area (Å²) >= 11 is 0. The largest absolute Gasteiger partial charge is 0.370 e. The summed E-state index contributed by atoms with van der Waals surface area (Å²) in [5, 5.41) is 3.32. The molecule has 1 rings (SSSR count). The summed E-state index contributed by atoms with van der Waals surface area (Å²) in [5.41, 5.74) is 1.12. The fraction of sp³-hybridized carbons (Fsp3) is 0.667. The van der Waals surface area contributed by atoms with E-state index in [0.717, 1.165) is 36.8 Å². The highest BCUT2D eigenvalue weighted by molar-refractivity contribution is 5.34. The van der Waals surface area contributed by atoms with Crippen LogP contribution in [0.25, 0.3) is 0 Å². The smallest absolute Gasteiger partial charge is 0.129 e. The van der Waals surface area contributed by atoms with E-state index in [2.05, 4.69) is 36.1 Å². The highest BCUT2D eigenvalue weighted by atomic mass is 15.0. The molecular weight excluding hydrogens is 186 g/mol. The molecule has 1 heterocycles. The Labute approximate surface area is 92.3 Å². The Hall–Kier alpha value is -1.12. The van der Waals surface area contributed by atoms with Crippen molar-refractivity contribution in [3.05, 3.63) is 18.1 Å². The van der Waals surface area contributed by atoms with Crippen LogP contribution in [0.1, 0.15) is 39.3 Å². The number of nitrogens with zero attached hydrogens (tertiary/aromatic N) is 2. The van der Waals surface area contributed by atoms with Gasteiger partial charge in [0.1, 0.15) is 12.1 Å². The molecule has 0 aliphatic rings. The first-order chi connectivity index (χ1) is 7.22. The molecule has 0 radical (unpaired) electrons. The van der Waals surface area contributed by atoms with E-state index < -0.39 is 0 Å². The van der Waals surface area contributed by atoms with Crippen molar-refractivity contribution in [1.82, 2.24) is 9.97 Å². The van der Waals surface area contributed by atoms with Crippen LogP contribution in [-0.4, -0.2) is 16.5 Å². The number of hydrogen-bond donors (Lipinski definition) is 1. The lowest BCUT2D eigenvalue weighted by molar-refractivity contribution is 0.606. The molecule has 0 amide bonds. The molecule has 84 valence electrons. The van der Waals surface area contributed by atoms with Gasteiger partial charge in [0.25, 0.3) is 0 Å². The summed E-state index contributed by atoms with van der Waals surface area (Å²) in [6.45, 7) is 7.60. The van der Waals surface area contributed by atoms with Crippen molar-refractivity contribution in [2.45, 2.75) is 40.0 Å². The van der Waals surface area contributed by atoms with Crippen LogP contribution >= 0.6 is 0 Å². The Morgan fingerprint density at radius 3 is 2.80 bits per heavy atom. The number of nitrogens with one attached hydrogen (secondary N) is 1. The van der Waals surface area contributed by atoms with Gasteiger partial charge < -0.3 is 5.32 Å². The first-order valence-corrected chi connectivity index (χ1v) is 5.77. The molecule has 0 fully saturated rings. The fourth-order valence-electron chi connectivity index (χ4n) is 1.38. The molecule has 1 N–H and O–H groups in total. The van der Waals surface area contributed by atoms with E-state index in [4.69, 9.17) is 0 Å². The van der Waals surface area contributed by atoms with Gasteiger partial charge in [-0.1, -0.05) is 27.2 Å². The maximum atomic E-state index is 4.22. The third-order valence-corrected chi connectivity index (χ3v) is 2.26. The molecule has 0 saturated heterocycles. The summed E-state index contributed by atoms with van der Waals surface area (Å²) in [5.74, 6) is 1.68. The van der Waals surface area contributed by atoms with Crippen LogP contribution in [0.3, 0.4) is 0 Å². The van der Waals surface area contributed by atoms with E-state index in [1.54, 1.807) is 6.33 Å². The number of hydrogen-bond acceptors (Lipinski definition) is 3. The third-order valence-electron chi connectivity index (χ3n) is 2.26. The highest BCUT2D eigenvalue weighted by Crippen LogP contribution is 2.07. The third kappa shape index (κ3) is 4.77. The quantitative estimate of drug-likeness (QED) is 0.779. The van der Waals surface area contributed by atoms with Crippen molar-refractivity contribution < 1.29 is 0 Å². The highest BCUT2D eigenvalue weighted by Gasteiger charge is 1.98. The Bertz CT molecular complexity index is 284. The molecule has 0 saturated carbocycles. The number of aryl methyl sites for hydroxylation is 1. The SMILES string of the molecule is CCCc1cc(NCCC(C)C)ncn1. The molecule has 15 heavy (non-hydrogen) atoms. The molecule has 1 aromatic heterocycles. The van der Waals surface area contributed by atoms with Gasteiger partial charge in [0, 0.05) is 18.3 Å². The monoisotopic (exact) mass is 207 g/mol. The molecule has 0 aliphatic carbocycles. The predicted octanol–water partition coefficient (Wildman–Crippen LogP) is 2.89. The predicted molar refractivity (Wildman–Crippen MR) is 64.0 cm³/mol. The van der Waals surface area contributed by atoms with E-state index >= 15 is 0 Å². The van der Waals surface area contributed by atoms with Gasteiger partial charge in [0.05, 0.1) is 0 Å². The second-order valence-corrected chi connectivity index (χ2v) is 4.25. The zero-order valence-corrected chi connectivity index (χ0v) is 9.95. The molecular formula is C12H21N3. The first-order valence-electron chi connectivity index (χ1n) is 5.77. The Balaban J connectivity index is 2.43. The van der Waals surface area contributed by atoms with Gasteiger partial charge in [-0.05, 0) is 18.8 Å². The number of rotatable bonds is 6. The zero-order chi connectivity index (χ0) is 11.1. The minimum atomic E-state index is 0.731. The van der Waals surface area contributed by atoms with E-state index in [0.29, 0.717) is 0 Å². The summed E-state index contributed by atoms with van der Waals surface area (Å²) in [6.07, 6.45) is 4.97. The summed E-state index contributed by atoms with van der Waals surface area (Å²) in [7, 11) is 0. The second-order valence-electron chi connectivity index (χ2n) is 4.25. The Kier molecular flexibility index (Phi) is 5.08. The summed E-state index contributed by atoms with van der Waals surface area (Å²) < 4.78 is 0. The maximum Gasteiger partial charge on any atom is 0.129 e. The van der Waals surface area contributed by atoms with E-state index in [-0.39, 0.29) is 0 Å². The lowest BCUT2D eigenvalue weighted by Gasteiger charge is -2.08. The summed E-state index contributed by atoms with van der Waals surface area (Å²) in [4.78, 5) is 8.42. The van der Waals surface area contributed by atoms with Crippen LogP contribution in [0.5, 0.6) is 0 Å². The van der Waals surface area contributed by atoms with Crippen LogP contribution in [0.15, 0.2) is 12.4 Å². The molecule has 3 nitrogen and oxygen atoms in total. The topological polar surface area (TPSA) is 37.8 Å². The van der Waals surface area contributed by atoms with Gasteiger partial charge in [-0.25, -0.2) is 9.97 Å². The van der Waals surface area contributed by atoms with E-state index in [1.807, 2.05) is 6.07 Å². The molecule has 0 aromatic carbocycles. The van der Waals surface area contributed by atoms with Crippen LogP contribution < -0.4 is 5.32 Å². The molecule has 0 spiro atoms. The van der Waals surface area contributed by atoms with E-state index in [1.165, 1.54) is 6.42 Å². The first kappa shape index (κ1) is 12.0. The van der Waals surface area contributed by atoms with Crippen molar-refractivity contribution in [2.75, 3.05) is 11.9 Å². The van der Waals surface area contributed by atoms with Gasteiger partial charge in [-0.2, -0.15) is 0 Å². The minimum absolute atomic E-state index is 0.731. The molecule has 3 heteroatoms. The molecule has 0 bridgehead atoms. The van der Waals surface area contributed by atoms with Crippen molar-refractivity contribution in [3.8, 4) is 0 Å². The van der Waals surface area contributed by atoms with Crippen molar-refractivity contribution in [3.63, 3.8) is 0 Å². The molecule has 0 atom stereocenters. The van der Waals surface area contributed by atoms with E-state index in [9.17, 15) is 0 Å². The van der Waals surface area contributed by atoms with Crippen LogP contribution in [-0.2, 0) is 6.42 Å². The number of anilines is 1. The van der Waals surface area contributed by atoms with Crippen LogP contribution in [0.4, 0.5) is 5.82 Å². The summed E-state index contributed by atoms with van der Waals surface area (Å²) in [6, 6.07) is 2.05. The van der Waals surface area contributed by atoms with Gasteiger partial charge in [0.15, 0.2) is 0 Å². The lowest BCUT2D eigenvalue weighted by atomic mass is 10.1.